The lowest BCUT2D eigenvalue weighted by molar-refractivity contribution is 0.152. The second-order valence-electron chi connectivity index (χ2n) is 3.58. The summed E-state index contributed by atoms with van der Waals surface area (Å²) in [6, 6.07) is 0. The molecule has 4 heteroatoms. The molecule has 1 amide bonds. The Labute approximate surface area is 84.7 Å². The molecule has 0 aliphatic heterocycles. The summed E-state index contributed by atoms with van der Waals surface area (Å²) >= 11 is 0. The highest BCUT2D eigenvalue weighted by Gasteiger charge is 2.15. The van der Waals surface area contributed by atoms with E-state index in [-0.39, 0.29) is 0 Å². The Balaban J connectivity index is 2.38. The van der Waals surface area contributed by atoms with Gasteiger partial charge >= 0.3 is 6.09 Å². The molecule has 0 bridgehead atoms. The standard InChI is InChI=1S/C10H18N2O2/c1-3-14-10(13)12-11-9-7-5-4-6-8(9)2/h8H,3-7H2,1-2H3,(H,12,13). The Morgan fingerprint density at radius 2 is 2.43 bits per heavy atom. The van der Waals surface area contributed by atoms with Gasteiger partial charge in [-0.15, -0.1) is 0 Å². The van der Waals surface area contributed by atoms with Crippen molar-refractivity contribution in [3.8, 4) is 0 Å². The Hall–Kier alpha value is -1.06. The maximum absolute atomic E-state index is 11.0. The topological polar surface area (TPSA) is 50.7 Å². The molecule has 0 saturated heterocycles. The summed E-state index contributed by atoms with van der Waals surface area (Å²) in [7, 11) is 0. The number of carbonyl (C=O) groups excluding carboxylic acids is 1. The molecule has 1 N–H and O–H groups in total. The maximum atomic E-state index is 11.0. The quantitative estimate of drug-likeness (QED) is 0.692. The van der Waals surface area contributed by atoms with E-state index in [2.05, 4.69) is 17.5 Å². The van der Waals surface area contributed by atoms with Crippen LogP contribution < -0.4 is 5.43 Å². The summed E-state index contributed by atoms with van der Waals surface area (Å²) in [6.07, 6.45) is 4.14. The Morgan fingerprint density at radius 3 is 3.07 bits per heavy atom. The molecule has 80 valence electrons. The monoisotopic (exact) mass is 198 g/mol. The molecule has 1 saturated carbocycles. The number of rotatable bonds is 2. The zero-order valence-electron chi connectivity index (χ0n) is 8.88. The summed E-state index contributed by atoms with van der Waals surface area (Å²) in [5, 5.41) is 4.07. The number of hydrogen-bond donors (Lipinski definition) is 1. The summed E-state index contributed by atoms with van der Waals surface area (Å²) in [5.74, 6) is 0.491. The molecule has 1 fully saturated rings. The Bertz CT molecular complexity index is 226. The highest BCUT2D eigenvalue weighted by molar-refractivity contribution is 5.87. The molecule has 1 aliphatic rings. The van der Waals surface area contributed by atoms with Crippen molar-refractivity contribution in [2.24, 2.45) is 11.0 Å². The minimum absolute atomic E-state index is 0.381. The first-order chi connectivity index (χ1) is 6.74. The van der Waals surface area contributed by atoms with Crippen LogP contribution in [0, 0.1) is 5.92 Å². The van der Waals surface area contributed by atoms with Gasteiger partial charge in [-0.05, 0) is 32.1 Å². The fourth-order valence-corrected chi connectivity index (χ4v) is 1.62. The van der Waals surface area contributed by atoms with Gasteiger partial charge in [-0.3, -0.25) is 0 Å². The molecular weight excluding hydrogens is 180 g/mol. The zero-order valence-corrected chi connectivity index (χ0v) is 8.88. The minimum atomic E-state index is -0.460. The van der Waals surface area contributed by atoms with Crippen molar-refractivity contribution >= 4 is 11.8 Å². The van der Waals surface area contributed by atoms with E-state index in [0.29, 0.717) is 12.5 Å². The molecule has 1 atom stereocenters. The van der Waals surface area contributed by atoms with Crippen molar-refractivity contribution in [2.45, 2.75) is 39.5 Å². The average molecular weight is 198 g/mol. The largest absolute Gasteiger partial charge is 0.449 e. The molecule has 14 heavy (non-hydrogen) atoms. The number of hydrogen-bond acceptors (Lipinski definition) is 3. The molecule has 0 heterocycles. The predicted molar refractivity (Wildman–Crippen MR) is 55.2 cm³/mol. The summed E-state index contributed by atoms with van der Waals surface area (Å²) in [6.45, 7) is 4.30. The van der Waals surface area contributed by atoms with Crippen molar-refractivity contribution in [1.82, 2.24) is 5.43 Å². The van der Waals surface area contributed by atoms with Crippen LogP contribution in [-0.2, 0) is 4.74 Å². The molecule has 1 rings (SSSR count). The molecule has 4 nitrogen and oxygen atoms in total. The highest BCUT2D eigenvalue weighted by atomic mass is 16.5. The predicted octanol–water partition coefficient (Wildman–Crippen LogP) is 2.30. The summed E-state index contributed by atoms with van der Waals surface area (Å²) in [4.78, 5) is 11.0. The first-order valence-electron chi connectivity index (χ1n) is 5.23. The highest BCUT2D eigenvalue weighted by Crippen LogP contribution is 2.20. The van der Waals surface area contributed by atoms with Gasteiger partial charge in [-0.25, -0.2) is 10.2 Å². The summed E-state index contributed by atoms with van der Waals surface area (Å²) < 4.78 is 4.71. The van der Waals surface area contributed by atoms with Gasteiger partial charge in [0.25, 0.3) is 0 Å². The molecule has 0 aromatic carbocycles. The summed E-state index contributed by atoms with van der Waals surface area (Å²) in [5.41, 5.74) is 3.50. The molecule has 1 unspecified atom stereocenters. The minimum Gasteiger partial charge on any atom is -0.449 e. The van der Waals surface area contributed by atoms with Crippen molar-refractivity contribution in [3.05, 3.63) is 0 Å². The third kappa shape index (κ3) is 3.36. The second kappa shape index (κ2) is 5.62. The molecule has 0 aromatic rings. The average Bonchev–Trinajstić information content (AvgIpc) is 2.17. The van der Waals surface area contributed by atoms with Crippen LogP contribution in [0.4, 0.5) is 4.79 Å². The normalized spacial score (nSPS) is 24.7. The van der Waals surface area contributed by atoms with E-state index in [1.165, 1.54) is 19.3 Å². The Morgan fingerprint density at radius 1 is 1.64 bits per heavy atom. The van der Waals surface area contributed by atoms with E-state index in [1.54, 1.807) is 6.92 Å². The van der Waals surface area contributed by atoms with E-state index in [0.717, 1.165) is 12.1 Å². The third-order valence-corrected chi connectivity index (χ3v) is 2.46. The van der Waals surface area contributed by atoms with E-state index in [1.807, 2.05) is 0 Å². The fourth-order valence-electron chi connectivity index (χ4n) is 1.62. The van der Waals surface area contributed by atoms with E-state index in [9.17, 15) is 4.79 Å². The van der Waals surface area contributed by atoms with E-state index < -0.39 is 6.09 Å². The Kier molecular flexibility index (Phi) is 4.43. The van der Waals surface area contributed by atoms with Crippen molar-refractivity contribution in [1.29, 1.82) is 0 Å². The lowest BCUT2D eigenvalue weighted by Crippen LogP contribution is -2.24. The van der Waals surface area contributed by atoms with Crippen LogP contribution in [-0.4, -0.2) is 18.4 Å². The molecule has 0 aromatic heterocycles. The number of hydrazone groups is 1. The van der Waals surface area contributed by atoms with Gasteiger partial charge in [-0.1, -0.05) is 13.3 Å². The van der Waals surface area contributed by atoms with Gasteiger partial charge in [0.05, 0.1) is 6.61 Å². The van der Waals surface area contributed by atoms with E-state index in [4.69, 9.17) is 4.74 Å². The number of ether oxygens (including phenoxy) is 1. The lowest BCUT2D eigenvalue weighted by Gasteiger charge is -2.19. The smallest absolute Gasteiger partial charge is 0.427 e. The van der Waals surface area contributed by atoms with E-state index >= 15 is 0 Å². The first-order valence-corrected chi connectivity index (χ1v) is 5.23. The van der Waals surface area contributed by atoms with Crippen LogP contribution in [0.5, 0.6) is 0 Å². The van der Waals surface area contributed by atoms with Crippen LogP contribution in [0.2, 0.25) is 0 Å². The van der Waals surface area contributed by atoms with Crippen LogP contribution in [0.25, 0.3) is 0 Å². The number of amides is 1. The fraction of sp³-hybridized carbons (Fsp3) is 0.800. The van der Waals surface area contributed by atoms with Gasteiger partial charge in [0, 0.05) is 5.71 Å². The lowest BCUT2D eigenvalue weighted by atomic mass is 9.89. The molecule has 1 aliphatic carbocycles. The van der Waals surface area contributed by atoms with Crippen LogP contribution in [0.1, 0.15) is 39.5 Å². The third-order valence-electron chi connectivity index (χ3n) is 2.46. The van der Waals surface area contributed by atoms with Gasteiger partial charge in [0.2, 0.25) is 0 Å². The second-order valence-corrected chi connectivity index (χ2v) is 3.58. The zero-order chi connectivity index (χ0) is 10.4. The number of nitrogens with zero attached hydrogens (tertiary/aromatic N) is 1. The van der Waals surface area contributed by atoms with Gasteiger partial charge < -0.3 is 4.74 Å². The van der Waals surface area contributed by atoms with Crippen molar-refractivity contribution in [2.75, 3.05) is 6.61 Å². The number of carbonyl (C=O) groups is 1. The number of nitrogens with one attached hydrogen (secondary N) is 1. The van der Waals surface area contributed by atoms with Crippen LogP contribution >= 0.6 is 0 Å². The maximum Gasteiger partial charge on any atom is 0.427 e. The first kappa shape index (κ1) is 11.0. The van der Waals surface area contributed by atoms with Gasteiger partial charge in [-0.2, -0.15) is 5.10 Å². The van der Waals surface area contributed by atoms with Crippen LogP contribution in [0.3, 0.4) is 0 Å². The van der Waals surface area contributed by atoms with Crippen molar-refractivity contribution < 1.29 is 9.53 Å². The molecule has 0 radical (unpaired) electrons. The molecule has 0 spiro atoms. The molecular formula is C10H18N2O2. The van der Waals surface area contributed by atoms with Crippen molar-refractivity contribution in [3.63, 3.8) is 0 Å². The van der Waals surface area contributed by atoms with Gasteiger partial charge in [0.15, 0.2) is 0 Å². The SMILES string of the molecule is CCOC(=O)NN=C1CCCCC1C. The van der Waals surface area contributed by atoms with Gasteiger partial charge in [0.1, 0.15) is 0 Å². The van der Waals surface area contributed by atoms with Crippen LogP contribution in [0.15, 0.2) is 5.10 Å².